The van der Waals surface area contributed by atoms with Crippen molar-refractivity contribution >= 4 is 11.6 Å². The summed E-state index contributed by atoms with van der Waals surface area (Å²) in [6.45, 7) is 0. The molecule has 0 fully saturated rings. The molecular weight excluding hydrogens is 243 g/mol. The van der Waals surface area contributed by atoms with E-state index in [1.807, 2.05) is 7.05 Å². The van der Waals surface area contributed by atoms with Crippen LogP contribution in [0.4, 0.5) is 4.39 Å². The molecule has 1 heterocycles. The van der Waals surface area contributed by atoms with E-state index in [2.05, 4.69) is 4.98 Å². The van der Waals surface area contributed by atoms with Crippen LogP contribution in [0, 0.1) is 5.82 Å². The second kappa shape index (κ2) is 4.85. The summed E-state index contributed by atoms with van der Waals surface area (Å²) in [5.74, 6) is 0.118. The molecule has 1 atom stereocenters. The van der Waals surface area contributed by atoms with E-state index in [9.17, 15) is 9.50 Å². The number of rotatable bonds is 3. The highest BCUT2D eigenvalue weighted by Gasteiger charge is 2.13. The summed E-state index contributed by atoms with van der Waals surface area (Å²) in [6, 6.07) is 4.42. The Morgan fingerprint density at radius 1 is 1.53 bits per heavy atom. The second-order valence-corrected chi connectivity index (χ2v) is 4.27. The van der Waals surface area contributed by atoms with Crippen LogP contribution in [0.3, 0.4) is 0 Å². The maximum atomic E-state index is 13.0. The minimum absolute atomic E-state index is 0.0644. The minimum atomic E-state index is -0.725. The average molecular weight is 255 g/mol. The van der Waals surface area contributed by atoms with E-state index in [0.717, 1.165) is 5.56 Å². The summed E-state index contributed by atoms with van der Waals surface area (Å²) in [6.07, 6.45) is 3.01. The van der Waals surface area contributed by atoms with Crippen molar-refractivity contribution in [3.05, 3.63) is 52.8 Å². The molecule has 0 spiro atoms. The van der Waals surface area contributed by atoms with Crippen molar-refractivity contribution < 1.29 is 9.50 Å². The van der Waals surface area contributed by atoms with Gasteiger partial charge in [0.25, 0.3) is 0 Å². The fraction of sp³-hybridized carbons (Fsp3) is 0.250. The zero-order valence-corrected chi connectivity index (χ0v) is 10.0. The number of aryl methyl sites for hydroxylation is 1. The SMILES string of the molecule is Cn1ccnc1C(O)Cc1ccc(F)c(Cl)c1. The normalized spacial score (nSPS) is 12.7. The zero-order chi connectivity index (χ0) is 12.4. The fourth-order valence-electron chi connectivity index (χ4n) is 1.68. The lowest BCUT2D eigenvalue weighted by atomic mass is 10.1. The Kier molecular flexibility index (Phi) is 3.45. The zero-order valence-electron chi connectivity index (χ0n) is 9.27. The van der Waals surface area contributed by atoms with Crippen molar-refractivity contribution in [3.8, 4) is 0 Å². The Morgan fingerprint density at radius 3 is 2.88 bits per heavy atom. The minimum Gasteiger partial charge on any atom is -0.385 e. The molecule has 0 bridgehead atoms. The highest BCUT2D eigenvalue weighted by atomic mass is 35.5. The van der Waals surface area contributed by atoms with Crippen LogP contribution in [0.5, 0.6) is 0 Å². The highest BCUT2D eigenvalue weighted by molar-refractivity contribution is 6.30. The van der Waals surface area contributed by atoms with Crippen LogP contribution in [0.1, 0.15) is 17.5 Å². The molecule has 0 radical (unpaired) electrons. The molecule has 90 valence electrons. The molecule has 5 heteroatoms. The lowest BCUT2D eigenvalue weighted by Gasteiger charge is -2.10. The first kappa shape index (κ1) is 12.1. The molecule has 0 aliphatic carbocycles. The molecular formula is C12H12ClFN2O. The van der Waals surface area contributed by atoms with Crippen LogP contribution in [0.15, 0.2) is 30.6 Å². The standard InChI is InChI=1S/C12H12ClFN2O/c1-16-5-4-15-12(16)11(17)7-8-2-3-10(14)9(13)6-8/h2-6,11,17H,7H2,1H3. The number of benzene rings is 1. The summed E-state index contributed by atoms with van der Waals surface area (Å²) in [5.41, 5.74) is 0.770. The number of aliphatic hydroxyl groups is 1. The van der Waals surface area contributed by atoms with Crippen LogP contribution in [0.2, 0.25) is 5.02 Å². The largest absolute Gasteiger partial charge is 0.385 e. The second-order valence-electron chi connectivity index (χ2n) is 3.86. The van der Waals surface area contributed by atoms with E-state index < -0.39 is 11.9 Å². The number of imidazole rings is 1. The summed E-state index contributed by atoms with van der Waals surface area (Å²) >= 11 is 5.68. The Hall–Kier alpha value is -1.39. The lowest BCUT2D eigenvalue weighted by Crippen LogP contribution is -2.08. The Labute approximate surface area is 103 Å². The van der Waals surface area contributed by atoms with Gasteiger partial charge in [-0.1, -0.05) is 17.7 Å². The Morgan fingerprint density at radius 2 is 2.29 bits per heavy atom. The molecule has 1 unspecified atom stereocenters. The quantitative estimate of drug-likeness (QED) is 0.914. The van der Waals surface area contributed by atoms with Gasteiger partial charge >= 0.3 is 0 Å². The first-order chi connectivity index (χ1) is 8.08. The number of aliphatic hydroxyl groups excluding tert-OH is 1. The van der Waals surface area contributed by atoms with Gasteiger partial charge in [0, 0.05) is 25.9 Å². The molecule has 0 saturated carbocycles. The lowest BCUT2D eigenvalue weighted by molar-refractivity contribution is 0.165. The van der Waals surface area contributed by atoms with Gasteiger partial charge in [0.05, 0.1) is 5.02 Å². The Balaban J connectivity index is 2.16. The molecule has 2 rings (SSSR count). The molecule has 17 heavy (non-hydrogen) atoms. The predicted molar refractivity (Wildman–Crippen MR) is 63.3 cm³/mol. The van der Waals surface area contributed by atoms with Crippen LogP contribution in [-0.4, -0.2) is 14.7 Å². The number of hydrogen-bond donors (Lipinski definition) is 1. The van der Waals surface area contributed by atoms with Crippen LogP contribution >= 0.6 is 11.6 Å². The molecule has 1 N–H and O–H groups in total. The van der Waals surface area contributed by atoms with E-state index in [4.69, 9.17) is 11.6 Å². The number of hydrogen-bond acceptors (Lipinski definition) is 2. The molecule has 0 aliphatic rings. The summed E-state index contributed by atoms with van der Waals surface area (Å²) < 4.78 is 14.7. The highest BCUT2D eigenvalue weighted by Crippen LogP contribution is 2.21. The van der Waals surface area contributed by atoms with Gasteiger partial charge in [-0.15, -0.1) is 0 Å². The monoisotopic (exact) mass is 254 g/mol. The van der Waals surface area contributed by atoms with E-state index >= 15 is 0 Å². The van der Waals surface area contributed by atoms with Gasteiger partial charge in [-0.25, -0.2) is 9.37 Å². The van der Waals surface area contributed by atoms with Gasteiger partial charge in [-0.2, -0.15) is 0 Å². The molecule has 3 nitrogen and oxygen atoms in total. The van der Waals surface area contributed by atoms with Gasteiger partial charge in [-0.05, 0) is 17.7 Å². The van der Waals surface area contributed by atoms with Crippen molar-refractivity contribution in [2.45, 2.75) is 12.5 Å². The van der Waals surface area contributed by atoms with Gasteiger partial charge in [0.15, 0.2) is 0 Å². The molecule has 1 aromatic heterocycles. The van der Waals surface area contributed by atoms with Crippen LogP contribution in [-0.2, 0) is 13.5 Å². The summed E-state index contributed by atoms with van der Waals surface area (Å²) in [7, 11) is 1.81. The van der Waals surface area contributed by atoms with E-state index in [0.29, 0.717) is 12.2 Å². The first-order valence-corrected chi connectivity index (χ1v) is 5.55. The first-order valence-electron chi connectivity index (χ1n) is 5.17. The molecule has 0 aliphatic heterocycles. The smallest absolute Gasteiger partial charge is 0.141 e. The summed E-state index contributed by atoms with van der Waals surface area (Å²) in [4.78, 5) is 4.06. The van der Waals surface area contributed by atoms with E-state index in [1.54, 1.807) is 23.0 Å². The van der Waals surface area contributed by atoms with Gasteiger partial charge in [0.1, 0.15) is 17.7 Å². The average Bonchev–Trinajstić information content (AvgIpc) is 2.70. The van der Waals surface area contributed by atoms with Crippen molar-refractivity contribution in [2.75, 3.05) is 0 Å². The van der Waals surface area contributed by atoms with Crippen molar-refractivity contribution in [1.29, 1.82) is 0 Å². The topological polar surface area (TPSA) is 38.0 Å². The number of nitrogens with zero attached hydrogens (tertiary/aromatic N) is 2. The Bertz CT molecular complexity index is 527. The number of halogens is 2. The van der Waals surface area contributed by atoms with Crippen molar-refractivity contribution in [1.82, 2.24) is 9.55 Å². The molecule has 0 amide bonds. The third-order valence-corrected chi connectivity index (χ3v) is 2.86. The van der Waals surface area contributed by atoms with Crippen LogP contribution in [0.25, 0.3) is 0 Å². The molecule has 1 aromatic carbocycles. The number of aromatic nitrogens is 2. The fourth-order valence-corrected chi connectivity index (χ4v) is 1.88. The molecule has 2 aromatic rings. The third-order valence-electron chi connectivity index (χ3n) is 2.57. The van der Waals surface area contributed by atoms with Crippen molar-refractivity contribution in [3.63, 3.8) is 0 Å². The van der Waals surface area contributed by atoms with Crippen molar-refractivity contribution in [2.24, 2.45) is 7.05 Å². The molecule has 0 saturated heterocycles. The van der Waals surface area contributed by atoms with Gasteiger partial charge in [0.2, 0.25) is 0 Å². The maximum absolute atomic E-state index is 13.0. The summed E-state index contributed by atoms with van der Waals surface area (Å²) in [5, 5.41) is 10.0. The maximum Gasteiger partial charge on any atom is 0.141 e. The van der Waals surface area contributed by atoms with E-state index in [-0.39, 0.29) is 5.02 Å². The van der Waals surface area contributed by atoms with Gasteiger partial charge < -0.3 is 9.67 Å². The van der Waals surface area contributed by atoms with E-state index in [1.165, 1.54) is 12.1 Å². The predicted octanol–water partition coefficient (Wildman–Crippen LogP) is 2.49. The van der Waals surface area contributed by atoms with Gasteiger partial charge in [-0.3, -0.25) is 0 Å². The van der Waals surface area contributed by atoms with Crippen LogP contribution < -0.4 is 0 Å². The third kappa shape index (κ3) is 2.65.